The highest BCUT2D eigenvalue weighted by molar-refractivity contribution is 5.03. The standard InChI is InChI=1S/C18H29N3O/c1-13-8-19-21(9-13)17-6-15-11-20(10-14-4-2-3-5-14)12-16(15)7-18(17)22/h8-9,14-18,22H,2-7,10-12H2,1H3/t15-,16+,17-,18-/m0/s1. The highest BCUT2D eigenvalue weighted by Crippen LogP contribution is 2.41. The Kier molecular flexibility index (Phi) is 3.99. The summed E-state index contributed by atoms with van der Waals surface area (Å²) in [7, 11) is 0. The largest absolute Gasteiger partial charge is 0.391 e. The second kappa shape index (κ2) is 5.97. The molecule has 3 fully saturated rings. The first-order valence-corrected chi connectivity index (χ1v) is 9.10. The number of aliphatic hydroxyl groups is 1. The molecule has 2 aliphatic carbocycles. The van der Waals surface area contributed by atoms with Crippen molar-refractivity contribution in [3.8, 4) is 0 Å². The summed E-state index contributed by atoms with van der Waals surface area (Å²) in [5.74, 6) is 2.39. The molecule has 4 rings (SSSR count). The lowest BCUT2D eigenvalue weighted by Crippen LogP contribution is -2.36. The van der Waals surface area contributed by atoms with E-state index < -0.39 is 0 Å². The Hall–Kier alpha value is -0.870. The minimum atomic E-state index is -0.230. The van der Waals surface area contributed by atoms with Crippen molar-refractivity contribution in [1.29, 1.82) is 0 Å². The summed E-state index contributed by atoms with van der Waals surface area (Å²) in [4.78, 5) is 2.69. The fourth-order valence-electron chi connectivity index (χ4n) is 5.11. The van der Waals surface area contributed by atoms with Crippen LogP contribution in [0.15, 0.2) is 12.4 Å². The number of aromatic nitrogens is 2. The molecule has 3 aliphatic rings. The topological polar surface area (TPSA) is 41.3 Å². The molecule has 1 aromatic heterocycles. The van der Waals surface area contributed by atoms with Crippen LogP contribution in [0, 0.1) is 24.7 Å². The van der Waals surface area contributed by atoms with Gasteiger partial charge in [0.05, 0.1) is 18.3 Å². The van der Waals surface area contributed by atoms with Gasteiger partial charge in [-0.2, -0.15) is 5.10 Å². The molecule has 4 heteroatoms. The van der Waals surface area contributed by atoms with Crippen molar-refractivity contribution >= 4 is 0 Å². The van der Waals surface area contributed by atoms with Crippen LogP contribution in [0.4, 0.5) is 0 Å². The van der Waals surface area contributed by atoms with Gasteiger partial charge in [0.15, 0.2) is 0 Å². The van der Waals surface area contributed by atoms with Gasteiger partial charge in [-0.15, -0.1) is 0 Å². The summed E-state index contributed by atoms with van der Waals surface area (Å²) in [5.41, 5.74) is 1.18. The third-order valence-electron chi connectivity index (χ3n) is 6.25. The van der Waals surface area contributed by atoms with Crippen LogP contribution in [0.3, 0.4) is 0 Å². The SMILES string of the molecule is Cc1cnn([C@H]2C[C@H]3CN(CC4CCCC4)C[C@H]3C[C@@H]2O)c1. The van der Waals surface area contributed by atoms with Gasteiger partial charge in [-0.25, -0.2) is 0 Å². The third kappa shape index (κ3) is 2.83. The summed E-state index contributed by atoms with van der Waals surface area (Å²) in [5, 5.41) is 15.0. The Balaban J connectivity index is 1.40. The Labute approximate surface area is 133 Å². The summed E-state index contributed by atoms with van der Waals surface area (Å²) in [6.45, 7) is 5.82. The smallest absolute Gasteiger partial charge is 0.0781 e. The molecule has 0 radical (unpaired) electrons. The van der Waals surface area contributed by atoms with Crippen LogP contribution >= 0.6 is 0 Å². The van der Waals surface area contributed by atoms with E-state index in [-0.39, 0.29) is 12.1 Å². The normalized spacial score (nSPS) is 36.8. The van der Waals surface area contributed by atoms with Crippen LogP contribution < -0.4 is 0 Å². The number of hydrogen-bond acceptors (Lipinski definition) is 3. The monoisotopic (exact) mass is 303 g/mol. The van der Waals surface area contributed by atoms with E-state index in [1.54, 1.807) is 0 Å². The Morgan fingerprint density at radius 2 is 1.91 bits per heavy atom. The van der Waals surface area contributed by atoms with Crippen molar-refractivity contribution in [3.05, 3.63) is 18.0 Å². The van der Waals surface area contributed by atoms with E-state index in [0.717, 1.165) is 24.7 Å². The number of nitrogens with zero attached hydrogens (tertiary/aromatic N) is 3. The quantitative estimate of drug-likeness (QED) is 0.933. The number of rotatable bonds is 3. The Morgan fingerprint density at radius 1 is 1.18 bits per heavy atom. The molecular formula is C18H29N3O. The predicted octanol–water partition coefficient (Wildman–Crippen LogP) is 2.63. The molecule has 0 aromatic carbocycles. The lowest BCUT2D eigenvalue weighted by atomic mass is 9.77. The minimum Gasteiger partial charge on any atom is -0.391 e. The number of fused-ring (bicyclic) bond motifs is 1. The van der Waals surface area contributed by atoms with E-state index in [0.29, 0.717) is 5.92 Å². The van der Waals surface area contributed by atoms with Crippen LogP contribution in [0.2, 0.25) is 0 Å². The molecule has 1 aliphatic heterocycles. The van der Waals surface area contributed by atoms with Gasteiger partial charge >= 0.3 is 0 Å². The van der Waals surface area contributed by atoms with Gasteiger partial charge in [0.2, 0.25) is 0 Å². The van der Waals surface area contributed by atoms with Crippen LogP contribution in [0.25, 0.3) is 0 Å². The minimum absolute atomic E-state index is 0.182. The first-order valence-electron chi connectivity index (χ1n) is 9.10. The molecule has 0 spiro atoms. The molecule has 4 atom stereocenters. The van der Waals surface area contributed by atoms with Crippen LogP contribution in [-0.2, 0) is 0 Å². The molecule has 0 unspecified atom stereocenters. The van der Waals surface area contributed by atoms with Crippen molar-refractivity contribution < 1.29 is 5.11 Å². The van der Waals surface area contributed by atoms with E-state index in [1.807, 2.05) is 10.9 Å². The fraction of sp³-hybridized carbons (Fsp3) is 0.833. The van der Waals surface area contributed by atoms with Crippen LogP contribution in [0.5, 0.6) is 0 Å². The number of aliphatic hydroxyl groups excluding tert-OH is 1. The van der Waals surface area contributed by atoms with Crippen molar-refractivity contribution in [2.24, 2.45) is 17.8 Å². The summed E-state index contributed by atoms with van der Waals surface area (Å²) in [6, 6.07) is 0.182. The molecule has 0 bridgehead atoms. The molecule has 1 aromatic rings. The van der Waals surface area contributed by atoms with Crippen molar-refractivity contribution in [2.75, 3.05) is 19.6 Å². The highest BCUT2D eigenvalue weighted by atomic mass is 16.3. The van der Waals surface area contributed by atoms with Gasteiger partial charge in [0, 0.05) is 25.8 Å². The summed E-state index contributed by atoms with van der Waals surface area (Å²) >= 11 is 0. The Bertz CT molecular complexity index is 508. The number of likely N-dealkylation sites (tertiary alicyclic amines) is 1. The zero-order valence-electron chi connectivity index (χ0n) is 13.7. The second-order valence-electron chi connectivity index (χ2n) is 7.99. The molecule has 0 amide bonds. The third-order valence-corrected chi connectivity index (χ3v) is 6.25. The van der Waals surface area contributed by atoms with Crippen molar-refractivity contribution in [3.63, 3.8) is 0 Å². The van der Waals surface area contributed by atoms with Gasteiger partial charge in [0.25, 0.3) is 0 Å². The molecule has 122 valence electrons. The first-order chi connectivity index (χ1) is 10.7. The van der Waals surface area contributed by atoms with Gasteiger partial charge in [-0.1, -0.05) is 12.8 Å². The number of hydrogen-bond donors (Lipinski definition) is 1. The average molecular weight is 303 g/mol. The predicted molar refractivity (Wildman–Crippen MR) is 86.6 cm³/mol. The summed E-state index contributed by atoms with van der Waals surface area (Å²) < 4.78 is 2.01. The highest BCUT2D eigenvalue weighted by Gasteiger charge is 2.42. The molecule has 2 heterocycles. The number of aryl methyl sites for hydroxylation is 1. The van der Waals surface area contributed by atoms with Gasteiger partial charge in [0.1, 0.15) is 0 Å². The lowest BCUT2D eigenvalue weighted by Gasteiger charge is -2.35. The zero-order valence-corrected chi connectivity index (χ0v) is 13.7. The van der Waals surface area contributed by atoms with E-state index in [1.165, 1.54) is 50.9 Å². The van der Waals surface area contributed by atoms with E-state index in [9.17, 15) is 5.11 Å². The molecule has 22 heavy (non-hydrogen) atoms. The fourth-order valence-corrected chi connectivity index (χ4v) is 5.11. The van der Waals surface area contributed by atoms with Crippen LogP contribution in [0.1, 0.15) is 50.1 Å². The van der Waals surface area contributed by atoms with Crippen molar-refractivity contribution in [1.82, 2.24) is 14.7 Å². The van der Waals surface area contributed by atoms with Crippen LogP contribution in [-0.4, -0.2) is 45.5 Å². The molecule has 1 saturated heterocycles. The molecule has 4 nitrogen and oxygen atoms in total. The van der Waals surface area contributed by atoms with E-state index >= 15 is 0 Å². The maximum Gasteiger partial charge on any atom is 0.0781 e. The first kappa shape index (κ1) is 14.7. The average Bonchev–Trinajstić information content (AvgIpc) is 3.19. The molecule has 2 saturated carbocycles. The van der Waals surface area contributed by atoms with E-state index in [4.69, 9.17) is 0 Å². The van der Waals surface area contributed by atoms with Gasteiger partial charge in [-0.3, -0.25) is 4.68 Å². The maximum atomic E-state index is 10.6. The van der Waals surface area contributed by atoms with Crippen molar-refractivity contribution in [2.45, 2.75) is 57.6 Å². The maximum absolute atomic E-state index is 10.6. The molecular weight excluding hydrogens is 274 g/mol. The second-order valence-corrected chi connectivity index (χ2v) is 7.99. The Morgan fingerprint density at radius 3 is 2.59 bits per heavy atom. The van der Waals surface area contributed by atoms with E-state index in [2.05, 4.69) is 23.1 Å². The van der Waals surface area contributed by atoms with Gasteiger partial charge < -0.3 is 10.0 Å². The zero-order chi connectivity index (χ0) is 15.1. The van der Waals surface area contributed by atoms with Gasteiger partial charge in [-0.05, 0) is 55.9 Å². The lowest BCUT2D eigenvalue weighted by molar-refractivity contribution is 0.0306. The molecule has 1 N–H and O–H groups in total. The summed E-state index contributed by atoms with van der Waals surface area (Å²) in [6.07, 6.45) is 11.5.